The second-order valence-electron chi connectivity index (χ2n) is 6.06. The minimum absolute atomic E-state index is 0.0483. The molecule has 3 nitrogen and oxygen atoms in total. The largest absolute Gasteiger partial charge is 0.289 e. The second kappa shape index (κ2) is 9.22. The van der Waals surface area contributed by atoms with E-state index < -0.39 is 0 Å². The van der Waals surface area contributed by atoms with Crippen molar-refractivity contribution in [1.29, 1.82) is 0 Å². The predicted molar refractivity (Wildman–Crippen MR) is 106 cm³/mol. The third-order valence-corrected chi connectivity index (χ3v) is 5.32. The Hall–Kier alpha value is -2.56. The highest BCUT2D eigenvalue weighted by Crippen LogP contribution is 2.30. The molecule has 0 aromatic heterocycles. The molecule has 0 aliphatic carbocycles. The standard InChI is InChI=1S/C22H21NO2S/c24-22(23-25)16-21(15-17-7-3-1-4-8-17)26-20-13-11-19(12-14-20)18-9-5-2-6-10-18/h1-14,21,25H,15-16H2,(H,23,24). The maximum atomic E-state index is 11.7. The molecule has 1 atom stereocenters. The molecule has 0 aliphatic rings. The van der Waals surface area contributed by atoms with Crippen LogP contribution in [0.2, 0.25) is 0 Å². The van der Waals surface area contributed by atoms with Gasteiger partial charge in [0.25, 0.3) is 0 Å². The third kappa shape index (κ3) is 5.22. The van der Waals surface area contributed by atoms with Crippen molar-refractivity contribution >= 4 is 17.7 Å². The van der Waals surface area contributed by atoms with Gasteiger partial charge in [0.15, 0.2) is 0 Å². The number of hydrogen-bond acceptors (Lipinski definition) is 3. The van der Waals surface area contributed by atoms with Crippen molar-refractivity contribution in [3.05, 3.63) is 90.5 Å². The summed E-state index contributed by atoms with van der Waals surface area (Å²) >= 11 is 1.66. The van der Waals surface area contributed by atoms with Crippen LogP contribution in [0.15, 0.2) is 89.8 Å². The fourth-order valence-corrected chi connectivity index (χ4v) is 4.02. The van der Waals surface area contributed by atoms with Crippen LogP contribution in [0.1, 0.15) is 12.0 Å². The molecule has 132 valence electrons. The van der Waals surface area contributed by atoms with Gasteiger partial charge in [0.05, 0.1) is 0 Å². The summed E-state index contributed by atoms with van der Waals surface area (Å²) in [5.74, 6) is -0.362. The predicted octanol–water partition coefficient (Wildman–Crippen LogP) is 4.95. The molecule has 0 bridgehead atoms. The Morgan fingerprint density at radius 1 is 0.846 bits per heavy atom. The number of benzene rings is 3. The van der Waals surface area contributed by atoms with E-state index in [9.17, 15) is 4.79 Å². The van der Waals surface area contributed by atoms with E-state index in [0.717, 1.165) is 11.3 Å². The van der Waals surface area contributed by atoms with Crippen molar-refractivity contribution in [2.75, 3.05) is 0 Å². The molecule has 0 saturated carbocycles. The summed E-state index contributed by atoms with van der Waals surface area (Å²) in [7, 11) is 0. The molecule has 3 rings (SSSR count). The van der Waals surface area contributed by atoms with Gasteiger partial charge in [-0.1, -0.05) is 72.8 Å². The molecule has 0 fully saturated rings. The number of hydroxylamine groups is 1. The maximum Gasteiger partial charge on any atom is 0.244 e. The van der Waals surface area contributed by atoms with E-state index in [1.807, 2.05) is 36.4 Å². The van der Waals surface area contributed by atoms with Gasteiger partial charge in [0.1, 0.15) is 0 Å². The Labute approximate surface area is 158 Å². The minimum atomic E-state index is -0.362. The Morgan fingerprint density at radius 2 is 1.42 bits per heavy atom. The van der Waals surface area contributed by atoms with Crippen LogP contribution in [0.4, 0.5) is 0 Å². The normalized spacial score (nSPS) is 11.7. The van der Waals surface area contributed by atoms with E-state index >= 15 is 0 Å². The molecule has 0 radical (unpaired) electrons. The molecular formula is C22H21NO2S. The topological polar surface area (TPSA) is 49.3 Å². The molecule has 3 aromatic carbocycles. The van der Waals surface area contributed by atoms with Gasteiger partial charge in [-0.3, -0.25) is 10.0 Å². The summed E-state index contributed by atoms with van der Waals surface area (Å²) in [6.45, 7) is 0. The zero-order chi connectivity index (χ0) is 18.2. The Kier molecular flexibility index (Phi) is 6.47. The van der Waals surface area contributed by atoms with Crippen LogP contribution >= 0.6 is 11.8 Å². The van der Waals surface area contributed by atoms with Crippen LogP contribution in [-0.2, 0) is 11.2 Å². The summed E-state index contributed by atoms with van der Waals surface area (Å²) < 4.78 is 0. The lowest BCUT2D eigenvalue weighted by molar-refractivity contribution is -0.129. The van der Waals surface area contributed by atoms with Gasteiger partial charge in [0.2, 0.25) is 5.91 Å². The van der Waals surface area contributed by atoms with Crippen molar-refractivity contribution in [2.45, 2.75) is 23.0 Å². The molecule has 3 aromatic rings. The third-order valence-electron chi connectivity index (χ3n) is 4.11. The van der Waals surface area contributed by atoms with Crippen LogP contribution in [0, 0.1) is 0 Å². The Morgan fingerprint density at radius 3 is 2.04 bits per heavy atom. The van der Waals surface area contributed by atoms with E-state index in [4.69, 9.17) is 5.21 Å². The molecule has 1 unspecified atom stereocenters. The average molecular weight is 363 g/mol. The fraction of sp³-hybridized carbons (Fsp3) is 0.136. The second-order valence-corrected chi connectivity index (χ2v) is 7.43. The molecule has 4 heteroatoms. The van der Waals surface area contributed by atoms with Gasteiger partial charge in [-0.05, 0) is 35.2 Å². The lowest BCUT2D eigenvalue weighted by Gasteiger charge is -2.16. The molecule has 1 amide bonds. The lowest BCUT2D eigenvalue weighted by atomic mass is 10.1. The first-order chi connectivity index (χ1) is 12.7. The number of thioether (sulfide) groups is 1. The van der Waals surface area contributed by atoms with Crippen molar-refractivity contribution in [3.63, 3.8) is 0 Å². The summed E-state index contributed by atoms with van der Waals surface area (Å²) in [5, 5.41) is 8.92. The number of amides is 1. The molecule has 0 spiro atoms. The van der Waals surface area contributed by atoms with Crippen LogP contribution in [0.3, 0.4) is 0 Å². The highest BCUT2D eigenvalue weighted by atomic mass is 32.2. The van der Waals surface area contributed by atoms with Crippen molar-refractivity contribution < 1.29 is 10.0 Å². The average Bonchev–Trinajstić information content (AvgIpc) is 2.70. The van der Waals surface area contributed by atoms with Crippen LogP contribution in [-0.4, -0.2) is 16.4 Å². The van der Waals surface area contributed by atoms with Gasteiger partial charge in [-0.2, -0.15) is 0 Å². The van der Waals surface area contributed by atoms with Crippen molar-refractivity contribution in [2.24, 2.45) is 0 Å². The molecule has 0 saturated heterocycles. The SMILES string of the molecule is O=C(CC(Cc1ccccc1)Sc1ccc(-c2ccccc2)cc1)NO. The summed E-state index contributed by atoms with van der Waals surface area (Å²) in [6, 6.07) is 28.7. The Balaban J connectivity index is 1.72. The Bertz CT molecular complexity index is 820. The number of rotatable bonds is 7. The van der Waals surface area contributed by atoms with Crippen LogP contribution in [0.25, 0.3) is 11.1 Å². The first-order valence-corrected chi connectivity index (χ1v) is 9.41. The molecule has 0 aliphatic heterocycles. The van der Waals surface area contributed by atoms with E-state index in [1.165, 1.54) is 16.7 Å². The minimum Gasteiger partial charge on any atom is -0.289 e. The molecule has 26 heavy (non-hydrogen) atoms. The smallest absolute Gasteiger partial charge is 0.244 e. The van der Waals surface area contributed by atoms with E-state index in [2.05, 4.69) is 48.5 Å². The van der Waals surface area contributed by atoms with E-state index in [-0.39, 0.29) is 17.6 Å². The van der Waals surface area contributed by atoms with Gasteiger partial charge in [0, 0.05) is 16.6 Å². The van der Waals surface area contributed by atoms with Gasteiger partial charge >= 0.3 is 0 Å². The lowest BCUT2D eigenvalue weighted by Crippen LogP contribution is -2.24. The molecular weight excluding hydrogens is 342 g/mol. The summed E-state index contributed by atoms with van der Waals surface area (Å²) in [6.07, 6.45) is 1.02. The zero-order valence-corrected chi connectivity index (χ0v) is 15.2. The highest BCUT2D eigenvalue weighted by molar-refractivity contribution is 8.00. The van der Waals surface area contributed by atoms with Crippen LogP contribution in [0.5, 0.6) is 0 Å². The number of carbonyl (C=O) groups excluding carboxylic acids is 1. The number of hydrogen-bond donors (Lipinski definition) is 2. The molecule has 2 N–H and O–H groups in total. The van der Waals surface area contributed by atoms with Gasteiger partial charge in [-0.15, -0.1) is 11.8 Å². The van der Waals surface area contributed by atoms with E-state index in [0.29, 0.717) is 0 Å². The first kappa shape index (κ1) is 18.2. The number of nitrogens with one attached hydrogen (secondary N) is 1. The van der Waals surface area contributed by atoms with Crippen LogP contribution < -0.4 is 5.48 Å². The first-order valence-electron chi connectivity index (χ1n) is 8.53. The highest BCUT2D eigenvalue weighted by Gasteiger charge is 2.16. The fourth-order valence-electron chi connectivity index (χ4n) is 2.83. The van der Waals surface area contributed by atoms with Gasteiger partial charge < -0.3 is 0 Å². The van der Waals surface area contributed by atoms with Crippen molar-refractivity contribution in [3.8, 4) is 11.1 Å². The van der Waals surface area contributed by atoms with E-state index in [1.54, 1.807) is 17.2 Å². The van der Waals surface area contributed by atoms with Crippen molar-refractivity contribution in [1.82, 2.24) is 5.48 Å². The van der Waals surface area contributed by atoms with Gasteiger partial charge in [-0.25, -0.2) is 5.48 Å². The number of carbonyl (C=O) groups is 1. The quantitative estimate of drug-likeness (QED) is 0.355. The molecule has 0 heterocycles. The monoisotopic (exact) mass is 363 g/mol. The zero-order valence-electron chi connectivity index (χ0n) is 14.3. The maximum absolute atomic E-state index is 11.7. The summed E-state index contributed by atoms with van der Waals surface area (Å²) in [5.41, 5.74) is 5.28. The summed E-state index contributed by atoms with van der Waals surface area (Å²) in [4.78, 5) is 12.8.